The molecular formula is C65H106O12. The van der Waals surface area contributed by atoms with Crippen LogP contribution in [0.2, 0.25) is 0 Å². The summed E-state index contributed by atoms with van der Waals surface area (Å²) in [5.41, 5.74) is 0. The lowest BCUT2D eigenvalue weighted by atomic mass is 9.98. The molecule has 0 amide bonds. The van der Waals surface area contributed by atoms with E-state index in [1.165, 1.54) is 38.5 Å². The van der Waals surface area contributed by atoms with Crippen molar-refractivity contribution in [2.45, 2.75) is 276 Å². The first-order valence-electron chi connectivity index (χ1n) is 30.2. The van der Waals surface area contributed by atoms with E-state index >= 15 is 0 Å². The highest BCUT2D eigenvalue weighted by Gasteiger charge is 2.50. The molecule has 6 atom stereocenters. The van der Waals surface area contributed by atoms with Gasteiger partial charge in [-0.3, -0.25) is 14.4 Å². The molecule has 0 saturated carbocycles. The highest BCUT2D eigenvalue weighted by molar-refractivity contribution is 5.74. The lowest BCUT2D eigenvalue weighted by molar-refractivity contribution is -0.301. The molecule has 0 bridgehead atoms. The lowest BCUT2D eigenvalue weighted by Gasteiger charge is -2.40. The zero-order chi connectivity index (χ0) is 56.1. The SMILES string of the molecule is CC/C=C\C/C=C\C/C=C\C/C=C\CCCCCCC(=O)OC1C(OCC(COC(=O)CCCCCCC/C=C\C/C=C\C/C=C\CC)OC(=O)CCCCCCC/C=C\CCCCCCCC)OC(C(=O)O)C(O)C1O. The van der Waals surface area contributed by atoms with E-state index in [-0.39, 0.29) is 25.9 Å². The van der Waals surface area contributed by atoms with Gasteiger partial charge >= 0.3 is 23.9 Å². The van der Waals surface area contributed by atoms with Crippen molar-refractivity contribution in [3.63, 3.8) is 0 Å². The zero-order valence-corrected chi connectivity index (χ0v) is 48.2. The number of ether oxygens (including phenoxy) is 5. The van der Waals surface area contributed by atoms with Gasteiger partial charge in [-0.05, 0) is 116 Å². The monoisotopic (exact) mass is 1080 g/mol. The molecule has 12 nitrogen and oxygen atoms in total. The third kappa shape index (κ3) is 42.3. The van der Waals surface area contributed by atoms with Gasteiger partial charge in [-0.2, -0.15) is 0 Å². The van der Waals surface area contributed by atoms with E-state index in [9.17, 15) is 34.5 Å². The van der Waals surface area contributed by atoms with Crippen LogP contribution in [0.4, 0.5) is 0 Å². The second kappa shape index (κ2) is 52.3. The number of esters is 3. The van der Waals surface area contributed by atoms with E-state index in [2.05, 4.69) is 118 Å². The smallest absolute Gasteiger partial charge is 0.335 e. The fraction of sp³-hybridized carbons (Fsp3) is 0.692. The van der Waals surface area contributed by atoms with Crippen LogP contribution in [-0.2, 0) is 42.9 Å². The fourth-order valence-electron chi connectivity index (χ4n) is 8.54. The van der Waals surface area contributed by atoms with E-state index in [0.29, 0.717) is 19.3 Å². The number of hydrogen-bond acceptors (Lipinski definition) is 11. The Balaban J connectivity index is 2.72. The van der Waals surface area contributed by atoms with Gasteiger partial charge in [0.2, 0.25) is 0 Å². The summed E-state index contributed by atoms with van der Waals surface area (Å²) in [7, 11) is 0. The van der Waals surface area contributed by atoms with Crippen LogP contribution in [-0.4, -0.2) is 89.2 Å². The average Bonchev–Trinajstić information content (AvgIpc) is 3.43. The molecule has 0 radical (unpaired) electrons. The van der Waals surface area contributed by atoms with Crippen LogP contribution < -0.4 is 0 Å². The quantitative estimate of drug-likeness (QED) is 0.0228. The number of aliphatic carboxylic acids is 1. The summed E-state index contributed by atoms with van der Waals surface area (Å²) in [4.78, 5) is 51.2. The number of hydrogen-bond donors (Lipinski definition) is 3. The molecule has 438 valence electrons. The second-order valence-electron chi connectivity index (χ2n) is 20.2. The van der Waals surface area contributed by atoms with Crippen molar-refractivity contribution in [1.82, 2.24) is 0 Å². The molecule has 0 aliphatic carbocycles. The number of carbonyl (C=O) groups is 4. The van der Waals surface area contributed by atoms with Gasteiger partial charge in [0.05, 0.1) is 6.61 Å². The Morgan fingerprint density at radius 1 is 0.442 bits per heavy atom. The molecule has 3 N–H and O–H groups in total. The maximum absolute atomic E-state index is 13.2. The summed E-state index contributed by atoms with van der Waals surface area (Å²) in [6.45, 7) is 5.73. The van der Waals surface area contributed by atoms with Crippen molar-refractivity contribution in [3.8, 4) is 0 Å². The molecule has 6 unspecified atom stereocenters. The van der Waals surface area contributed by atoms with E-state index in [4.69, 9.17) is 23.7 Å². The number of unbranched alkanes of at least 4 members (excludes halogenated alkanes) is 20. The van der Waals surface area contributed by atoms with Crippen LogP contribution in [0.1, 0.15) is 239 Å². The molecule has 1 fully saturated rings. The Morgan fingerprint density at radius 3 is 1.26 bits per heavy atom. The molecule has 1 saturated heterocycles. The maximum Gasteiger partial charge on any atom is 0.335 e. The number of rotatable bonds is 50. The summed E-state index contributed by atoms with van der Waals surface area (Å²) >= 11 is 0. The number of carbonyl (C=O) groups excluding carboxylic acids is 3. The van der Waals surface area contributed by atoms with Crippen LogP contribution in [0.15, 0.2) is 97.2 Å². The van der Waals surface area contributed by atoms with E-state index < -0.39 is 67.3 Å². The van der Waals surface area contributed by atoms with Crippen molar-refractivity contribution in [3.05, 3.63) is 97.2 Å². The topological polar surface area (TPSA) is 175 Å². The van der Waals surface area contributed by atoms with Crippen LogP contribution in [0.5, 0.6) is 0 Å². The first kappa shape index (κ1) is 70.7. The summed E-state index contributed by atoms with van der Waals surface area (Å²) in [5, 5.41) is 31.5. The lowest BCUT2D eigenvalue weighted by Crippen LogP contribution is -2.61. The van der Waals surface area contributed by atoms with Crippen molar-refractivity contribution in [1.29, 1.82) is 0 Å². The fourth-order valence-corrected chi connectivity index (χ4v) is 8.54. The Kier molecular flexibility index (Phi) is 48.0. The molecule has 1 aliphatic heterocycles. The molecule has 0 aromatic heterocycles. The molecule has 0 aromatic rings. The maximum atomic E-state index is 13.2. The molecule has 1 aliphatic rings. The molecule has 0 spiro atoms. The molecule has 1 heterocycles. The molecule has 1 rings (SSSR count). The van der Waals surface area contributed by atoms with Gasteiger partial charge in [-0.15, -0.1) is 0 Å². The van der Waals surface area contributed by atoms with Gasteiger partial charge in [0.15, 0.2) is 24.6 Å². The number of carboxylic acid groups (broad SMARTS) is 1. The van der Waals surface area contributed by atoms with Gasteiger partial charge < -0.3 is 39.0 Å². The van der Waals surface area contributed by atoms with Gasteiger partial charge in [0.1, 0.15) is 18.8 Å². The first-order chi connectivity index (χ1) is 37.6. The normalized spacial score (nSPS) is 18.7. The minimum absolute atomic E-state index is 0.0259. The first-order valence-corrected chi connectivity index (χ1v) is 30.2. The van der Waals surface area contributed by atoms with Crippen molar-refractivity contribution < 1.29 is 58.2 Å². The summed E-state index contributed by atoms with van der Waals surface area (Å²) in [6, 6.07) is 0. The number of carboxylic acids is 1. The average molecular weight is 1080 g/mol. The number of aliphatic hydroxyl groups excluding tert-OH is 2. The van der Waals surface area contributed by atoms with Crippen molar-refractivity contribution in [2.24, 2.45) is 0 Å². The van der Waals surface area contributed by atoms with Crippen LogP contribution in [0.25, 0.3) is 0 Å². The standard InChI is InChI=1S/C65H106O12/c1-4-7-10-13-16-19-22-25-28-29-32-35-38-41-44-47-50-53-59(68)76-63-61(70)60(69)62(64(71)72)77-65(63)74-55-56(75-58(67)52-49-46-43-40-37-34-31-27-24-21-18-15-12-9-6-3)54-73-57(66)51-48-45-42-39-36-33-30-26-23-20-17-14-11-8-5-2/h7-8,10-11,16-17,19-20,25-28,30-32,35,56,60-63,65,69-70H,4-6,9,12-15,18,21-24,29,33-34,36-55H2,1-3H3,(H,71,72)/b10-7-,11-8-,19-16-,20-17-,28-25-,30-26-,31-27-,35-32-. The predicted molar refractivity (Wildman–Crippen MR) is 312 cm³/mol. The predicted octanol–water partition coefficient (Wildman–Crippen LogP) is 15.7. The van der Waals surface area contributed by atoms with E-state index in [1.54, 1.807) is 0 Å². The van der Waals surface area contributed by atoms with Crippen molar-refractivity contribution >= 4 is 23.9 Å². The minimum atomic E-state index is -1.92. The van der Waals surface area contributed by atoms with Gasteiger partial charge in [0, 0.05) is 19.3 Å². The Morgan fingerprint density at radius 2 is 0.818 bits per heavy atom. The van der Waals surface area contributed by atoms with Crippen LogP contribution in [0, 0.1) is 0 Å². The molecule has 0 aromatic carbocycles. The molecule has 77 heavy (non-hydrogen) atoms. The highest BCUT2D eigenvalue weighted by Crippen LogP contribution is 2.26. The molecule has 12 heteroatoms. The van der Waals surface area contributed by atoms with Crippen LogP contribution >= 0.6 is 0 Å². The third-order valence-corrected chi connectivity index (χ3v) is 13.1. The Hall–Kier alpha value is -4.36. The number of aliphatic hydroxyl groups is 2. The Labute approximate surface area is 466 Å². The van der Waals surface area contributed by atoms with E-state index in [1.807, 2.05) is 0 Å². The largest absolute Gasteiger partial charge is 0.479 e. The van der Waals surface area contributed by atoms with Crippen LogP contribution in [0.3, 0.4) is 0 Å². The summed E-state index contributed by atoms with van der Waals surface area (Å²) < 4.78 is 28.4. The van der Waals surface area contributed by atoms with Gasteiger partial charge in [-0.25, -0.2) is 4.79 Å². The second-order valence-corrected chi connectivity index (χ2v) is 20.2. The van der Waals surface area contributed by atoms with Crippen molar-refractivity contribution in [2.75, 3.05) is 13.2 Å². The van der Waals surface area contributed by atoms with E-state index in [0.717, 1.165) is 141 Å². The summed E-state index contributed by atoms with van der Waals surface area (Å²) in [6.07, 6.45) is 56.5. The Bertz CT molecular complexity index is 1710. The molecular weight excluding hydrogens is 973 g/mol. The van der Waals surface area contributed by atoms with Gasteiger partial charge in [-0.1, -0.05) is 201 Å². The van der Waals surface area contributed by atoms with Gasteiger partial charge in [0.25, 0.3) is 0 Å². The minimum Gasteiger partial charge on any atom is -0.479 e. The third-order valence-electron chi connectivity index (χ3n) is 13.1. The number of allylic oxidation sites excluding steroid dienone is 16. The summed E-state index contributed by atoms with van der Waals surface area (Å²) in [5.74, 6) is -3.19. The highest BCUT2D eigenvalue weighted by atomic mass is 16.7. The zero-order valence-electron chi connectivity index (χ0n) is 48.2.